The molecule has 0 saturated heterocycles. The van der Waals surface area contributed by atoms with Crippen LogP contribution in [-0.2, 0) is 6.54 Å². The lowest BCUT2D eigenvalue weighted by atomic mass is 9.96. The molecular weight excluding hydrogens is 268 g/mol. The van der Waals surface area contributed by atoms with Gasteiger partial charge in [0.25, 0.3) is 0 Å². The summed E-state index contributed by atoms with van der Waals surface area (Å²) in [4.78, 5) is 22.4. The normalized spacial score (nSPS) is 14.4. The van der Waals surface area contributed by atoms with Crippen molar-refractivity contribution >= 4 is 12.0 Å². The molecule has 1 aliphatic carbocycles. The molecule has 0 atom stereocenters. The highest BCUT2D eigenvalue weighted by atomic mass is 16.4. The summed E-state index contributed by atoms with van der Waals surface area (Å²) in [6, 6.07) is 6.21. The Hall–Kier alpha value is -2.30. The molecule has 3 N–H and O–H groups in total. The van der Waals surface area contributed by atoms with Gasteiger partial charge in [-0.05, 0) is 43.4 Å². The highest BCUT2D eigenvalue weighted by Crippen LogP contribution is 2.21. The van der Waals surface area contributed by atoms with Crippen molar-refractivity contribution in [3.05, 3.63) is 47.2 Å². The molecule has 112 valence electrons. The fourth-order valence-corrected chi connectivity index (χ4v) is 2.32. The average Bonchev–Trinajstić information content (AvgIpc) is 2.52. The van der Waals surface area contributed by atoms with Crippen LogP contribution in [0.15, 0.2) is 36.0 Å². The van der Waals surface area contributed by atoms with Gasteiger partial charge in [-0.2, -0.15) is 0 Å². The zero-order valence-corrected chi connectivity index (χ0v) is 11.9. The lowest BCUT2D eigenvalue weighted by molar-refractivity contribution is 0.0697. The van der Waals surface area contributed by atoms with E-state index >= 15 is 0 Å². The smallest absolute Gasteiger partial charge is 0.335 e. The van der Waals surface area contributed by atoms with Gasteiger partial charge < -0.3 is 15.7 Å². The second-order valence-electron chi connectivity index (χ2n) is 5.19. The van der Waals surface area contributed by atoms with Crippen molar-refractivity contribution in [1.29, 1.82) is 0 Å². The number of carbonyl (C=O) groups excluding carboxylic acids is 1. The molecule has 1 aliphatic rings. The van der Waals surface area contributed by atoms with Crippen molar-refractivity contribution in [2.45, 2.75) is 38.6 Å². The Labute approximate surface area is 124 Å². The van der Waals surface area contributed by atoms with Crippen molar-refractivity contribution in [1.82, 2.24) is 10.6 Å². The van der Waals surface area contributed by atoms with Gasteiger partial charge in [-0.15, -0.1) is 0 Å². The van der Waals surface area contributed by atoms with Crippen LogP contribution in [0, 0.1) is 0 Å². The third kappa shape index (κ3) is 4.95. The molecule has 0 heterocycles. The van der Waals surface area contributed by atoms with Crippen LogP contribution in [0.2, 0.25) is 0 Å². The van der Waals surface area contributed by atoms with E-state index in [0.29, 0.717) is 6.54 Å². The minimum Gasteiger partial charge on any atom is -0.478 e. The van der Waals surface area contributed by atoms with Gasteiger partial charge in [-0.3, -0.25) is 0 Å². The SMILES string of the molecule is O=C(NC=C1CCCCC1)NCc1ccc(C(=O)O)cc1. The number of allylic oxidation sites excluding steroid dienone is 1. The van der Waals surface area contributed by atoms with Crippen LogP contribution in [0.3, 0.4) is 0 Å². The first-order valence-electron chi connectivity index (χ1n) is 7.19. The van der Waals surface area contributed by atoms with E-state index in [-0.39, 0.29) is 11.6 Å². The van der Waals surface area contributed by atoms with Crippen LogP contribution < -0.4 is 10.6 Å². The Kier molecular flexibility index (Phi) is 5.37. The largest absolute Gasteiger partial charge is 0.478 e. The van der Waals surface area contributed by atoms with Gasteiger partial charge in [0.2, 0.25) is 0 Å². The Morgan fingerprint density at radius 3 is 2.38 bits per heavy atom. The summed E-state index contributed by atoms with van der Waals surface area (Å²) in [6.45, 7) is 0.370. The first-order valence-corrected chi connectivity index (χ1v) is 7.19. The maximum Gasteiger partial charge on any atom is 0.335 e. The van der Waals surface area contributed by atoms with Gasteiger partial charge in [0.1, 0.15) is 0 Å². The van der Waals surface area contributed by atoms with Crippen LogP contribution in [-0.4, -0.2) is 17.1 Å². The highest BCUT2D eigenvalue weighted by molar-refractivity contribution is 5.87. The molecule has 0 aliphatic heterocycles. The van der Waals surface area contributed by atoms with E-state index < -0.39 is 5.97 Å². The van der Waals surface area contributed by atoms with Crippen molar-refractivity contribution in [2.75, 3.05) is 0 Å². The summed E-state index contributed by atoms with van der Waals surface area (Å²) in [5, 5.41) is 14.3. The van der Waals surface area contributed by atoms with Crippen LogP contribution in [0.5, 0.6) is 0 Å². The van der Waals surface area contributed by atoms with Crippen molar-refractivity contribution in [2.24, 2.45) is 0 Å². The molecule has 5 nitrogen and oxygen atoms in total. The van der Waals surface area contributed by atoms with Gasteiger partial charge in [0.15, 0.2) is 0 Å². The van der Waals surface area contributed by atoms with Crippen molar-refractivity contribution < 1.29 is 14.7 Å². The van der Waals surface area contributed by atoms with E-state index in [1.165, 1.54) is 37.0 Å². The monoisotopic (exact) mass is 288 g/mol. The van der Waals surface area contributed by atoms with E-state index in [1.807, 2.05) is 6.20 Å². The number of aromatic carboxylic acids is 1. The maximum atomic E-state index is 11.7. The quantitative estimate of drug-likeness (QED) is 0.796. The molecule has 1 saturated carbocycles. The Morgan fingerprint density at radius 1 is 1.10 bits per heavy atom. The number of carboxylic acid groups (broad SMARTS) is 1. The summed E-state index contributed by atoms with van der Waals surface area (Å²) in [5.74, 6) is -0.952. The van der Waals surface area contributed by atoms with E-state index in [9.17, 15) is 9.59 Å². The highest BCUT2D eigenvalue weighted by Gasteiger charge is 2.06. The molecule has 1 aromatic carbocycles. The van der Waals surface area contributed by atoms with Crippen LogP contribution >= 0.6 is 0 Å². The summed E-state index contributed by atoms with van der Waals surface area (Å²) in [7, 11) is 0. The summed E-state index contributed by atoms with van der Waals surface area (Å²) < 4.78 is 0. The molecule has 5 heteroatoms. The third-order valence-electron chi connectivity index (χ3n) is 3.56. The summed E-state index contributed by atoms with van der Waals surface area (Å²) in [6.07, 6.45) is 7.61. The fourth-order valence-electron chi connectivity index (χ4n) is 2.32. The van der Waals surface area contributed by atoms with Crippen LogP contribution in [0.4, 0.5) is 4.79 Å². The van der Waals surface area contributed by atoms with E-state index in [0.717, 1.165) is 18.4 Å². The molecule has 1 aromatic rings. The summed E-state index contributed by atoms with van der Waals surface area (Å²) in [5.41, 5.74) is 2.40. The zero-order chi connectivity index (χ0) is 15.1. The fraction of sp³-hybridized carbons (Fsp3) is 0.375. The van der Waals surface area contributed by atoms with Gasteiger partial charge >= 0.3 is 12.0 Å². The number of amides is 2. The molecule has 0 spiro atoms. The lowest BCUT2D eigenvalue weighted by Gasteiger charge is -2.13. The van der Waals surface area contributed by atoms with Gasteiger partial charge in [0.05, 0.1) is 5.56 Å². The molecule has 21 heavy (non-hydrogen) atoms. The molecule has 2 rings (SSSR count). The predicted molar refractivity (Wildman–Crippen MR) is 79.9 cm³/mol. The van der Waals surface area contributed by atoms with E-state index in [1.54, 1.807) is 12.1 Å². The Balaban J connectivity index is 1.76. The van der Waals surface area contributed by atoms with E-state index in [2.05, 4.69) is 10.6 Å². The first kappa shape index (κ1) is 15.1. The Morgan fingerprint density at radius 2 is 1.76 bits per heavy atom. The molecule has 1 fully saturated rings. The third-order valence-corrected chi connectivity index (χ3v) is 3.56. The minimum absolute atomic E-state index is 0.240. The first-order chi connectivity index (χ1) is 10.1. The Bertz CT molecular complexity index is 527. The van der Waals surface area contributed by atoms with Crippen molar-refractivity contribution in [3.63, 3.8) is 0 Å². The van der Waals surface area contributed by atoms with Crippen LogP contribution in [0.25, 0.3) is 0 Å². The molecule has 0 unspecified atom stereocenters. The second kappa shape index (κ2) is 7.47. The molecular formula is C16H20N2O3. The number of carboxylic acids is 1. The molecule has 0 radical (unpaired) electrons. The number of nitrogens with one attached hydrogen (secondary N) is 2. The predicted octanol–water partition coefficient (Wildman–Crippen LogP) is 3.03. The zero-order valence-electron chi connectivity index (χ0n) is 11.9. The molecule has 0 bridgehead atoms. The number of rotatable bonds is 4. The van der Waals surface area contributed by atoms with E-state index in [4.69, 9.17) is 5.11 Å². The van der Waals surface area contributed by atoms with Crippen LogP contribution in [0.1, 0.15) is 48.0 Å². The number of urea groups is 1. The number of hydrogen-bond donors (Lipinski definition) is 3. The summed E-state index contributed by atoms with van der Waals surface area (Å²) >= 11 is 0. The van der Waals surface area contributed by atoms with Gasteiger partial charge in [-0.25, -0.2) is 9.59 Å². The number of carbonyl (C=O) groups is 2. The standard InChI is InChI=1S/C16H20N2O3/c19-15(20)14-8-6-13(7-9-14)11-18-16(21)17-10-12-4-2-1-3-5-12/h6-10H,1-5,11H2,(H,19,20)(H2,17,18,21). The lowest BCUT2D eigenvalue weighted by Crippen LogP contribution is -2.32. The van der Waals surface area contributed by atoms with Gasteiger partial charge in [-0.1, -0.05) is 24.1 Å². The number of benzene rings is 1. The second-order valence-corrected chi connectivity index (χ2v) is 5.19. The minimum atomic E-state index is -0.952. The average molecular weight is 288 g/mol. The number of hydrogen-bond acceptors (Lipinski definition) is 2. The molecule has 0 aromatic heterocycles. The van der Waals surface area contributed by atoms with Gasteiger partial charge in [0, 0.05) is 12.7 Å². The topological polar surface area (TPSA) is 78.4 Å². The molecule has 2 amide bonds. The maximum absolute atomic E-state index is 11.7. The van der Waals surface area contributed by atoms with Crippen molar-refractivity contribution in [3.8, 4) is 0 Å².